The largest absolute Gasteiger partial charge is 0.398 e. The molecule has 0 radical (unpaired) electrons. The maximum Gasteiger partial charge on any atom is 0.238 e. The Morgan fingerprint density at radius 1 is 1.05 bits per heavy atom. The molecule has 0 aromatic heterocycles. The number of nitrogens with two attached hydrogens (primary N) is 2. The molecule has 0 fully saturated rings. The summed E-state index contributed by atoms with van der Waals surface area (Å²) in [6.07, 6.45) is 0. The van der Waals surface area contributed by atoms with Gasteiger partial charge >= 0.3 is 0 Å². The van der Waals surface area contributed by atoms with Crippen molar-refractivity contribution in [2.45, 2.75) is 34.5 Å². The zero-order chi connectivity index (χ0) is 15.6. The highest BCUT2D eigenvalue weighted by molar-refractivity contribution is 7.99. The first-order valence-corrected chi connectivity index (χ1v) is 8.84. The van der Waals surface area contributed by atoms with Gasteiger partial charge in [-0.3, -0.25) is 0 Å². The van der Waals surface area contributed by atoms with Gasteiger partial charge < -0.3 is 5.73 Å². The molecule has 4 N–H and O–H groups in total. The van der Waals surface area contributed by atoms with E-state index in [9.17, 15) is 8.42 Å². The molecule has 0 aliphatic carbocycles. The topological polar surface area (TPSA) is 86.2 Å². The molecule has 0 aliphatic heterocycles. The molecule has 0 saturated carbocycles. The lowest BCUT2D eigenvalue weighted by Crippen LogP contribution is -2.12. The number of nitrogen functional groups attached to an aromatic ring is 1. The summed E-state index contributed by atoms with van der Waals surface area (Å²) in [5.74, 6) is 0.489. The van der Waals surface area contributed by atoms with Gasteiger partial charge in [0, 0.05) is 15.5 Å². The number of anilines is 1. The summed E-state index contributed by atoms with van der Waals surface area (Å²) in [4.78, 5) is 1.88. The van der Waals surface area contributed by atoms with Gasteiger partial charge in [0.15, 0.2) is 0 Å². The van der Waals surface area contributed by atoms with Crippen molar-refractivity contribution in [2.75, 3.05) is 5.73 Å². The van der Waals surface area contributed by atoms with Crippen LogP contribution in [0, 0.1) is 0 Å². The van der Waals surface area contributed by atoms with Crippen LogP contribution in [0.2, 0.25) is 0 Å². The Morgan fingerprint density at radius 2 is 1.67 bits per heavy atom. The Kier molecular flexibility index (Phi) is 4.61. The standard InChI is InChI=1S/C15H18N2O2S2/c1-10(2)11-3-5-12(6-4-11)20-15-8-7-13(9-14(15)16)21(17,18)19/h3-10H,16H2,1-2H3,(H2,17,18,19). The molecule has 0 atom stereocenters. The average Bonchev–Trinajstić information content (AvgIpc) is 2.40. The maximum atomic E-state index is 11.3. The minimum atomic E-state index is -3.72. The van der Waals surface area contributed by atoms with Gasteiger partial charge in [-0.2, -0.15) is 0 Å². The van der Waals surface area contributed by atoms with Crippen LogP contribution in [0.3, 0.4) is 0 Å². The Balaban J connectivity index is 2.24. The Labute approximate surface area is 129 Å². The maximum absolute atomic E-state index is 11.3. The molecule has 2 aromatic rings. The molecule has 6 heteroatoms. The fraction of sp³-hybridized carbons (Fsp3) is 0.200. The summed E-state index contributed by atoms with van der Waals surface area (Å²) in [6.45, 7) is 4.29. The van der Waals surface area contributed by atoms with Gasteiger partial charge in [-0.1, -0.05) is 37.7 Å². The van der Waals surface area contributed by atoms with Gasteiger partial charge in [0.05, 0.1) is 4.90 Å². The first-order chi connectivity index (χ1) is 9.77. The summed E-state index contributed by atoms with van der Waals surface area (Å²) >= 11 is 1.49. The SMILES string of the molecule is CC(C)c1ccc(Sc2ccc(S(N)(=O)=O)cc2N)cc1. The molecule has 4 nitrogen and oxygen atoms in total. The molecular formula is C15H18N2O2S2. The number of primary sulfonamides is 1. The van der Waals surface area contributed by atoms with E-state index in [1.165, 1.54) is 29.5 Å². The molecule has 0 amide bonds. The second-order valence-electron chi connectivity index (χ2n) is 5.07. The highest BCUT2D eigenvalue weighted by Gasteiger charge is 2.11. The van der Waals surface area contributed by atoms with E-state index in [0.29, 0.717) is 11.6 Å². The van der Waals surface area contributed by atoms with Gasteiger partial charge in [-0.15, -0.1) is 0 Å². The van der Waals surface area contributed by atoms with Crippen molar-refractivity contribution in [1.82, 2.24) is 0 Å². The summed E-state index contributed by atoms with van der Waals surface area (Å²) < 4.78 is 22.5. The molecule has 0 aliphatic rings. The van der Waals surface area contributed by atoms with Crippen molar-refractivity contribution in [2.24, 2.45) is 5.14 Å². The summed E-state index contributed by atoms with van der Waals surface area (Å²) in [6, 6.07) is 12.8. The van der Waals surface area contributed by atoms with E-state index in [4.69, 9.17) is 10.9 Å². The van der Waals surface area contributed by atoms with Crippen LogP contribution >= 0.6 is 11.8 Å². The second-order valence-corrected chi connectivity index (χ2v) is 7.75. The minimum Gasteiger partial charge on any atom is -0.398 e. The minimum absolute atomic E-state index is 0.0273. The molecule has 0 spiro atoms. The number of benzene rings is 2. The predicted octanol–water partition coefficient (Wildman–Crippen LogP) is 3.19. The molecular weight excluding hydrogens is 304 g/mol. The van der Waals surface area contributed by atoms with Crippen LogP contribution in [0.15, 0.2) is 57.2 Å². The molecule has 0 heterocycles. The number of rotatable bonds is 4. The van der Waals surface area contributed by atoms with Gasteiger partial charge in [0.2, 0.25) is 10.0 Å². The average molecular weight is 322 g/mol. The molecule has 2 aromatic carbocycles. The summed E-state index contributed by atoms with van der Waals surface area (Å²) in [5.41, 5.74) is 7.58. The molecule has 112 valence electrons. The lowest BCUT2D eigenvalue weighted by Gasteiger charge is -2.09. The highest BCUT2D eigenvalue weighted by Crippen LogP contribution is 2.33. The van der Waals surface area contributed by atoms with Gasteiger partial charge in [-0.05, 0) is 41.8 Å². The van der Waals surface area contributed by atoms with Crippen LogP contribution in [-0.2, 0) is 10.0 Å². The Hall–Kier alpha value is -1.50. The first-order valence-electron chi connectivity index (χ1n) is 6.47. The van der Waals surface area contributed by atoms with E-state index in [-0.39, 0.29) is 4.90 Å². The quantitative estimate of drug-likeness (QED) is 0.846. The molecule has 0 unspecified atom stereocenters. The summed E-state index contributed by atoms with van der Waals surface area (Å²) in [5, 5.41) is 5.08. The number of hydrogen-bond acceptors (Lipinski definition) is 4. The van der Waals surface area contributed by atoms with Crippen molar-refractivity contribution in [3.63, 3.8) is 0 Å². The lowest BCUT2D eigenvalue weighted by atomic mass is 10.0. The van der Waals surface area contributed by atoms with E-state index >= 15 is 0 Å². The predicted molar refractivity (Wildman–Crippen MR) is 86.9 cm³/mol. The van der Waals surface area contributed by atoms with Crippen molar-refractivity contribution < 1.29 is 8.42 Å². The van der Waals surface area contributed by atoms with Crippen LogP contribution in [0.5, 0.6) is 0 Å². The van der Waals surface area contributed by atoms with Crippen molar-refractivity contribution in [3.05, 3.63) is 48.0 Å². The first kappa shape index (κ1) is 15.9. The van der Waals surface area contributed by atoms with E-state index in [0.717, 1.165) is 9.79 Å². The normalized spacial score (nSPS) is 11.8. The third-order valence-corrected chi connectivity index (χ3v) is 5.09. The zero-order valence-electron chi connectivity index (χ0n) is 11.9. The summed E-state index contributed by atoms with van der Waals surface area (Å²) in [7, 11) is -3.72. The van der Waals surface area contributed by atoms with Gasteiger partial charge in [-0.25, -0.2) is 13.6 Å². The molecule has 0 saturated heterocycles. The van der Waals surface area contributed by atoms with Crippen LogP contribution in [0.25, 0.3) is 0 Å². The number of sulfonamides is 1. The smallest absolute Gasteiger partial charge is 0.238 e. The number of hydrogen-bond donors (Lipinski definition) is 2. The Bertz CT molecular complexity index is 739. The van der Waals surface area contributed by atoms with Crippen molar-refractivity contribution >= 4 is 27.5 Å². The van der Waals surface area contributed by atoms with Gasteiger partial charge in [0.1, 0.15) is 0 Å². The van der Waals surface area contributed by atoms with Gasteiger partial charge in [0.25, 0.3) is 0 Å². The van der Waals surface area contributed by atoms with Crippen molar-refractivity contribution in [3.8, 4) is 0 Å². The second kappa shape index (κ2) is 6.09. The molecule has 0 bridgehead atoms. The van der Waals surface area contributed by atoms with E-state index in [1.54, 1.807) is 6.07 Å². The van der Waals surface area contributed by atoms with Crippen molar-refractivity contribution in [1.29, 1.82) is 0 Å². The van der Waals surface area contributed by atoms with E-state index < -0.39 is 10.0 Å². The zero-order valence-corrected chi connectivity index (χ0v) is 13.5. The third-order valence-electron chi connectivity index (χ3n) is 3.08. The van der Waals surface area contributed by atoms with Crippen LogP contribution in [0.4, 0.5) is 5.69 Å². The lowest BCUT2D eigenvalue weighted by molar-refractivity contribution is 0.598. The third kappa shape index (κ3) is 4.00. The van der Waals surface area contributed by atoms with Crippen LogP contribution in [-0.4, -0.2) is 8.42 Å². The molecule has 2 rings (SSSR count). The van der Waals surface area contributed by atoms with E-state index in [1.807, 2.05) is 12.1 Å². The Morgan fingerprint density at radius 3 is 2.14 bits per heavy atom. The monoisotopic (exact) mass is 322 g/mol. The fourth-order valence-electron chi connectivity index (χ4n) is 1.84. The van der Waals surface area contributed by atoms with E-state index in [2.05, 4.69) is 26.0 Å². The molecule has 21 heavy (non-hydrogen) atoms. The highest BCUT2D eigenvalue weighted by atomic mass is 32.2. The van der Waals surface area contributed by atoms with Crippen LogP contribution < -0.4 is 10.9 Å². The fourth-order valence-corrected chi connectivity index (χ4v) is 3.23. The van der Waals surface area contributed by atoms with Crippen LogP contribution in [0.1, 0.15) is 25.3 Å².